The lowest BCUT2D eigenvalue weighted by molar-refractivity contribution is 0.823. The number of rotatable bonds is 4. The maximum Gasteiger partial charge on any atom is 0.0956 e. The summed E-state index contributed by atoms with van der Waals surface area (Å²) in [6.45, 7) is 0.828. The van der Waals surface area contributed by atoms with Gasteiger partial charge in [0.15, 0.2) is 0 Å². The van der Waals surface area contributed by atoms with Crippen LogP contribution in [0.4, 0.5) is 0 Å². The third-order valence-corrected chi connectivity index (χ3v) is 3.13. The van der Waals surface area contributed by atoms with Crippen molar-refractivity contribution in [1.29, 1.82) is 0 Å². The van der Waals surface area contributed by atoms with Gasteiger partial charge in [0.2, 0.25) is 0 Å². The number of nitrogens with zero attached hydrogens (tertiary/aromatic N) is 2. The van der Waals surface area contributed by atoms with E-state index in [0.29, 0.717) is 0 Å². The van der Waals surface area contributed by atoms with Crippen molar-refractivity contribution in [2.45, 2.75) is 6.54 Å². The van der Waals surface area contributed by atoms with Crippen LogP contribution in [0.5, 0.6) is 0 Å². The molecule has 0 saturated heterocycles. The normalized spacial score (nSPS) is 11.0. The van der Waals surface area contributed by atoms with Crippen LogP contribution in [0, 0.1) is 0 Å². The molecule has 0 amide bonds. The lowest BCUT2D eigenvalue weighted by atomic mass is 10.2. The number of benzene rings is 2. The first-order valence-corrected chi connectivity index (χ1v) is 6.70. The van der Waals surface area contributed by atoms with Crippen LogP contribution in [0.3, 0.4) is 0 Å². The summed E-state index contributed by atoms with van der Waals surface area (Å²) in [7, 11) is 0. The standard InChI is InChI=1S/C18H16N2/c1-3-8-16(9-4-1)10-7-13-20-14-18(19-15-20)17-11-5-2-6-12-17/h1-12,14-15H,13H2. The Balaban J connectivity index is 1.68. The Kier molecular flexibility index (Phi) is 3.74. The average Bonchev–Trinajstić information content (AvgIpc) is 2.98. The minimum absolute atomic E-state index is 0.828. The van der Waals surface area contributed by atoms with Crippen molar-refractivity contribution in [3.63, 3.8) is 0 Å². The topological polar surface area (TPSA) is 17.8 Å². The maximum atomic E-state index is 4.44. The number of hydrogen-bond acceptors (Lipinski definition) is 1. The zero-order chi connectivity index (χ0) is 13.6. The molecule has 0 aliphatic heterocycles. The van der Waals surface area contributed by atoms with Crippen LogP contribution in [-0.2, 0) is 6.54 Å². The van der Waals surface area contributed by atoms with Gasteiger partial charge in [0.1, 0.15) is 0 Å². The van der Waals surface area contributed by atoms with E-state index in [-0.39, 0.29) is 0 Å². The van der Waals surface area contributed by atoms with E-state index in [1.54, 1.807) is 0 Å². The Morgan fingerprint density at radius 2 is 1.60 bits per heavy atom. The quantitative estimate of drug-likeness (QED) is 0.685. The van der Waals surface area contributed by atoms with Crippen molar-refractivity contribution in [2.75, 3.05) is 0 Å². The first-order valence-electron chi connectivity index (χ1n) is 6.70. The first-order chi connectivity index (χ1) is 9.92. The highest BCUT2D eigenvalue weighted by atomic mass is 15.0. The van der Waals surface area contributed by atoms with Crippen LogP contribution in [0.15, 0.2) is 79.3 Å². The molecule has 0 radical (unpaired) electrons. The zero-order valence-electron chi connectivity index (χ0n) is 11.2. The molecule has 1 aromatic heterocycles. The fraction of sp³-hybridized carbons (Fsp3) is 0.0556. The fourth-order valence-electron chi connectivity index (χ4n) is 2.09. The number of allylic oxidation sites excluding steroid dienone is 1. The van der Waals surface area contributed by atoms with Crippen molar-refractivity contribution in [3.05, 3.63) is 84.8 Å². The molecule has 98 valence electrons. The number of hydrogen-bond donors (Lipinski definition) is 0. The molecule has 0 saturated carbocycles. The Hall–Kier alpha value is -2.61. The van der Waals surface area contributed by atoms with Gasteiger partial charge in [-0.3, -0.25) is 0 Å². The average molecular weight is 260 g/mol. The Labute approximate surface area is 119 Å². The van der Waals surface area contributed by atoms with Crippen LogP contribution in [0.1, 0.15) is 5.56 Å². The van der Waals surface area contributed by atoms with E-state index in [1.807, 2.05) is 42.7 Å². The molecule has 2 nitrogen and oxygen atoms in total. The highest BCUT2D eigenvalue weighted by Gasteiger charge is 1.99. The molecule has 3 aromatic rings. The number of aromatic nitrogens is 2. The van der Waals surface area contributed by atoms with Gasteiger partial charge >= 0.3 is 0 Å². The summed E-state index contributed by atoms with van der Waals surface area (Å²) in [5, 5.41) is 0. The van der Waals surface area contributed by atoms with Crippen LogP contribution in [0.2, 0.25) is 0 Å². The molecule has 0 unspecified atom stereocenters. The molecule has 0 N–H and O–H groups in total. The van der Waals surface area contributed by atoms with E-state index in [0.717, 1.165) is 17.8 Å². The lowest BCUT2D eigenvalue weighted by Crippen LogP contribution is -1.89. The molecule has 0 aliphatic rings. The first kappa shape index (κ1) is 12.4. The van der Waals surface area contributed by atoms with Crippen molar-refractivity contribution in [3.8, 4) is 11.3 Å². The van der Waals surface area contributed by atoms with Crippen LogP contribution in [0.25, 0.3) is 17.3 Å². The maximum absolute atomic E-state index is 4.44. The van der Waals surface area contributed by atoms with Crippen LogP contribution < -0.4 is 0 Å². The van der Waals surface area contributed by atoms with E-state index in [1.165, 1.54) is 5.56 Å². The minimum atomic E-state index is 0.828. The molecule has 3 rings (SSSR count). The zero-order valence-corrected chi connectivity index (χ0v) is 11.2. The third-order valence-electron chi connectivity index (χ3n) is 3.13. The molecule has 2 heteroatoms. The second kappa shape index (κ2) is 6.02. The van der Waals surface area contributed by atoms with Gasteiger partial charge in [-0.25, -0.2) is 4.98 Å². The summed E-state index contributed by atoms with van der Waals surface area (Å²) in [6.07, 6.45) is 8.22. The lowest BCUT2D eigenvalue weighted by Gasteiger charge is -1.96. The molecule has 0 fully saturated rings. The predicted molar refractivity (Wildman–Crippen MR) is 83.1 cm³/mol. The predicted octanol–water partition coefficient (Wildman–Crippen LogP) is 4.26. The molecular weight excluding hydrogens is 244 g/mol. The van der Waals surface area contributed by atoms with Gasteiger partial charge in [-0.15, -0.1) is 0 Å². The molecular formula is C18H16N2. The fourth-order valence-corrected chi connectivity index (χ4v) is 2.09. The largest absolute Gasteiger partial charge is 0.333 e. The Bertz CT molecular complexity index is 682. The third kappa shape index (κ3) is 3.04. The summed E-state index contributed by atoms with van der Waals surface area (Å²) in [6, 6.07) is 20.5. The van der Waals surface area contributed by atoms with Gasteiger partial charge in [-0.2, -0.15) is 0 Å². The second-order valence-corrected chi connectivity index (χ2v) is 4.63. The summed E-state index contributed by atoms with van der Waals surface area (Å²) in [4.78, 5) is 4.44. The Morgan fingerprint density at radius 3 is 2.35 bits per heavy atom. The monoisotopic (exact) mass is 260 g/mol. The van der Waals surface area contributed by atoms with Gasteiger partial charge in [0.25, 0.3) is 0 Å². The molecule has 0 aliphatic carbocycles. The van der Waals surface area contributed by atoms with Crippen molar-refractivity contribution in [1.82, 2.24) is 9.55 Å². The smallest absolute Gasteiger partial charge is 0.0956 e. The second-order valence-electron chi connectivity index (χ2n) is 4.63. The molecule has 2 aromatic carbocycles. The number of imidazole rings is 1. The minimum Gasteiger partial charge on any atom is -0.333 e. The summed E-state index contributed by atoms with van der Waals surface area (Å²) in [5.41, 5.74) is 3.38. The Morgan fingerprint density at radius 1 is 0.900 bits per heavy atom. The van der Waals surface area contributed by atoms with Crippen molar-refractivity contribution < 1.29 is 0 Å². The molecule has 20 heavy (non-hydrogen) atoms. The van der Waals surface area contributed by atoms with E-state index in [4.69, 9.17) is 0 Å². The molecule has 0 bridgehead atoms. The van der Waals surface area contributed by atoms with E-state index in [2.05, 4.69) is 52.2 Å². The molecule has 0 spiro atoms. The summed E-state index contributed by atoms with van der Waals surface area (Å²) < 4.78 is 2.09. The van der Waals surface area contributed by atoms with Gasteiger partial charge in [-0.1, -0.05) is 72.8 Å². The SMILES string of the molecule is C(=Cc1ccccc1)Cn1cnc(-c2ccccc2)c1. The van der Waals surface area contributed by atoms with Gasteiger partial charge in [0.05, 0.1) is 12.0 Å². The molecule has 0 atom stereocenters. The van der Waals surface area contributed by atoms with E-state index < -0.39 is 0 Å². The van der Waals surface area contributed by atoms with E-state index >= 15 is 0 Å². The van der Waals surface area contributed by atoms with Crippen molar-refractivity contribution >= 4 is 6.08 Å². The highest BCUT2D eigenvalue weighted by Crippen LogP contribution is 2.15. The van der Waals surface area contributed by atoms with Gasteiger partial charge in [0, 0.05) is 18.3 Å². The van der Waals surface area contributed by atoms with Gasteiger partial charge in [-0.05, 0) is 5.56 Å². The molecule has 1 heterocycles. The van der Waals surface area contributed by atoms with Crippen molar-refractivity contribution in [2.24, 2.45) is 0 Å². The van der Waals surface area contributed by atoms with Crippen LogP contribution in [-0.4, -0.2) is 9.55 Å². The van der Waals surface area contributed by atoms with Gasteiger partial charge < -0.3 is 4.57 Å². The van der Waals surface area contributed by atoms with Crippen LogP contribution >= 0.6 is 0 Å². The summed E-state index contributed by atoms with van der Waals surface area (Å²) in [5.74, 6) is 0. The summed E-state index contributed by atoms with van der Waals surface area (Å²) >= 11 is 0. The van der Waals surface area contributed by atoms with E-state index in [9.17, 15) is 0 Å². The highest BCUT2D eigenvalue weighted by molar-refractivity contribution is 5.57.